The van der Waals surface area contributed by atoms with E-state index in [-0.39, 0.29) is 41.2 Å². The maximum absolute atomic E-state index is 13.8. The summed E-state index contributed by atoms with van der Waals surface area (Å²) in [5.41, 5.74) is -2.47. The zero-order valence-corrected chi connectivity index (χ0v) is 19.2. The minimum Gasteiger partial charge on any atom is -0.469 e. The Balaban J connectivity index is 1.91. The smallest absolute Gasteiger partial charge is 0.309 e. The lowest BCUT2D eigenvalue weighted by molar-refractivity contribution is -0.162. The van der Waals surface area contributed by atoms with E-state index >= 15 is 0 Å². The van der Waals surface area contributed by atoms with E-state index in [1.807, 2.05) is 12.2 Å². The van der Waals surface area contributed by atoms with Gasteiger partial charge in [0.15, 0.2) is 0 Å². The standard InChI is InChI=1S/C23H32O7S/c1-14(24)11-16(20(27)29-3)13-31-21(28)23(19(26)15-7-5-4-6-8-15)12-18(25)17-9-10-30-22(17,23)2/h5,7,15-17,19,26H,4,6,8-13H2,1-3H3/t15-,16?,17+,19+,22+,23-/m1/s1. The van der Waals surface area contributed by atoms with E-state index in [1.165, 1.54) is 14.0 Å². The van der Waals surface area contributed by atoms with Crippen molar-refractivity contribution in [2.45, 2.75) is 64.1 Å². The number of Topliss-reactive ketones (excluding diaryl/α,β-unsaturated/α-hetero) is 2. The molecule has 1 heterocycles. The summed E-state index contributed by atoms with van der Waals surface area (Å²) in [5.74, 6) is -2.15. The molecule has 0 aromatic rings. The first-order chi connectivity index (χ1) is 14.7. The summed E-state index contributed by atoms with van der Waals surface area (Å²) in [4.78, 5) is 50.4. The molecule has 6 atom stereocenters. The molecule has 0 aromatic carbocycles. The van der Waals surface area contributed by atoms with Gasteiger partial charge in [-0.25, -0.2) is 0 Å². The molecule has 3 aliphatic rings. The Hall–Kier alpha value is -1.51. The Labute approximate surface area is 187 Å². The molecule has 0 aromatic heterocycles. The lowest BCUT2D eigenvalue weighted by Crippen LogP contribution is -2.58. The highest BCUT2D eigenvalue weighted by Gasteiger charge is 2.71. The lowest BCUT2D eigenvalue weighted by atomic mass is 9.65. The number of hydrogen-bond acceptors (Lipinski definition) is 8. The number of ketones is 2. The van der Waals surface area contributed by atoms with Crippen molar-refractivity contribution in [2.75, 3.05) is 19.5 Å². The van der Waals surface area contributed by atoms with Gasteiger partial charge in [0.05, 0.1) is 24.7 Å². The molecule has 2 fully saturated rings. The number of fused-ring (bicyclic) bond motifs is 1. The fraction of sp³-hybridized carbons (Fsp3) is 0.739. The van der Waals surface area contributed by atoms with Crippen molar-refractivity contribution in [2.24, 2.45) is 23.2 Å². The van der Waals surface area contributed by atoms with Crippen molar-refractivity contribution in [3.63, 3.8) is 0 Å². The molecular formula is C23H32O7S. The highest BCUT2D eigenvalue weighted by Crippen LogP contribution is 2.59. The predicted octanol–water partition coefficient (Wildman–Crippen LogP) is 2.49. The van der Waals surface area contributed by atoms with Gasteiger partial charge in [-0.15, -0.1) is 0 Å². The Morgan fingerprint density at radius 2 is 2.10 bits per heavy atom. The summed E-state index contributed by atoms with van der Waals surface area (Å²) < 4.78 is 10.8. The topological polar surface area (TPSA) is 107 Å². The number of methoxy groups -OCH3 is 1. The second kappa shape index (κ2) is 9.55. The summed E-state index contributed by atoms with van der Waals surface area (Å²) in [7, 11) is 1.25. The third kappa shape index (κ3) is 4.26. The highest BCUT2D eigenvalue weighted by molar-refractivity contribution is 8.13. The highest BCUT2D eigenvalue weighted by atomic mass is 32.2. The molecule has 2 aliphatic carbocycles. The van der Waals surface area contributed by atoms with Crippen LogP contribution >= 0.6 is 11.8 Å². The number of ether oxygens (including phenoxy) is 2. The van der Waals surface area contributed by atoms with E-state index in [9.17, 15) is 24.3 Å². The maximum Gasteiger partial charge on any atom is 0.309 e. The zero-order valence-electron chi connectivity index (χ0n) is 18.4. The van der Waals surface area contributed by atoms with Crippen molar-refractivity contribution in [3.8, 4) is 0 Å². The molecule has 0 amide bonds. The third-order valence-electron chi connectivity index (χ3n) is 7.25. The number of carbonyl (C=O) groups is 4. The summed E-state index contributed by atoms with van der Waals surface area (Å²) in [6.45, 7) is 3.53. The molecule has 0 radical (unpaired) electrons. The molecule has 7 nitrogen and oxygen atoms in total. The number of aliphatic hydroxyl groups is 1. The minimum absolute atomic E-state index is 0.0246. The second-order valence-electron chi connectivity index (χ2n) is 9.10. The number of aliphatic hydroxyl groups excluding tert-OH is 1. The van der Waals surface area contributed by atoms with Gasteiger partial charge >= 0.3 is 5.97 Å². The van der Waals surface area contributed by atoms with E-state index in [0.29, 0.717) is 13.0 Å². The molecule has 0 spiro atoms. The van der Waals surface area contributed by atoms with E-state index in [2.05, 4.69) is 0 Å². The van der Waals surface area contributed by atoms with Crippen molar-refractivity contribution < 1.29 is 33.8 Å². The number of thioether (sulfide) groups is 1. The van der Waals surface area contributed by atoms with Gasteiger partial charge < -0.3 is 19.4 Å². The predicted molar refractivity (Wildman–Crippen MR) is 115 cm³/mol. The molecule has 31 heavy (non-hydrogen) atoms. The minimum atomic E-state index is -1.39. The molecule has 1 aliphatic heterocycles. The molecular weight excluding hydrogens is 420 g/mol. The van der Waals surface area contributed by atoms with Crippen LogP contribution in [0.5, 0.6) is 0 Å². The average Bonchev–Trinajstić information content (AvgIpc) is 3.25. The Kier molecular flexibility index (Phi) is 7.43. The van der Waals surface area contributed by atoms with Crippen molar-refractivity contribution in [1.29, 1.82) is 0 Å². The van der Waals surface area contributed by atoms with Crippen LogP contribution in [-0.2, 0) is 28.7 Å². The first kappa shape index (κ1) is 24.1. The third-order valence-corrected chi connectivity index (χ3v) is 8.45. The number of esters is 1. The largest absolute Gasteiger partial charge is 0.469 e. The van der Waals surface area contributed by atoms with Crippen molar-refractivity contribution in [3.05, 3.63) is 12.2 Å². The Bertz CT molecular complexity index is 778. The van der Waals surface area contributed by atoms with Gasteiger partial charge in [-0.3, -0.25) is 14.4 Å². The van der Waals surface area contributed by atoms with Gasteiger partial charge in [0.25, 0.3) is 0 Å². The summed E-state index contributed by atoms with van der Waals surface area (Å²) in [6, 6.07) is 0. The quantitative estimate of drug-likeness (QED) is 0.442. The summed E-state index contributed by atoms with van der Waals surface area (Å²) >= 11 is 0.900. The van der Waals surface area contributed by atoms with Crippen LogP contribution in [0.25, 0.3) is 0 Å². The molecule has 1 saturated carbocycles. The molecule has 1 unspecified atom stereocenters. The molecule has 0 bridgehead atoms. The Morgan fingerprint density at radius 3 is 2.71 bits per heavy atom. The van der Waals surface area contributed by atoms with Crippen molar-refractivity contribution >= 4 is 34.4 Å². The number of hydrogen-bond donors (Lipinski definition) is 1. The van der Waals surface area contributed by atoms with Crippen LogP contribution in [0.15, 0.2) is 12.2 Å². The van der Waals surface area contributed by atoms with Crippen LogP contribution in [0.2, 0.25) is 0 Å². The average molecular weight is 453 g/mol. The molecule has 3 rings (SSSR count). The zero-order chi connectivity index (χ0) is 22.8. The fourth-order valence-electron chi connectivity index (χ4n) is 5.54. The number of allylic oxidation sites excluding steroid dienone is 1. The van der Waals surface area contributed by atoms with Gasteiger partial charge in [0, 0.05) is 37.0 Å². The first-order valence-corrected chi connectivity index (χ1v) is 11.9. The van der Waals surface area contributed by atoms with Crippen molar-refractivity contribution in [1.82, 2.24) is 0 Å². The van der Waals surface area contributed by atoms with E-state index in [4.69, 9.17) is 9.47 Å². The fourth-order valence-corrected chi connectivity index (χ4v) is 6.80. The Morgan fingerprint density at radius 1 is 1.35 bits per heavy atom. The van der Waals surface area contributed by atoms with Crippen LogP contribution in [0, 0.1) is 23.2 Å². The molecule has 8 heteroatoms. The molecule has 172 valence electrons. The lowest BCUT2D eigenvalue weighted by Gasteiger charge is -2.46. The van der Waals surface area contributed by atoms with Crippen LogP contribution in [0.3, 0.4) is 0 Å². The van der Waals surface area contributed by atoms with Gasteiger partial charge in [-0.2, -0.15) is 0 Å². The SMILES string of the molecule is COC(=O)C(CSC(=O)[C@]1([C@@H](O)[C@@H]2C=CCCC2)CC(=O)[C@@H]2CCO[C@@]21C)CC(C)=O. The molecule has 1 N–H and O–H groups in total. The van der Waals surface area contributed by atoms with E-state index < -0.39 is 34.9 Å². The first-order valence-electron chi connectivity index (χ1n) is 10.9. The maximum atomic E-state index is 13.8. The summed E-state index contributed by atoms with van der Waals surface area (Å²) in [6.07, 6.45) is 5.91. The van der Waals surface area contributed by atoms with Gasteiger partial charge in [0.1, 0.15) is 17.0 Å². The van der Waals surface area contributed by atoms with Gasteiger partial charge in [-0.05, 0) is 39.5 Å². The van der Waals surface area contributed by atoms with Crippen LogP contribution in [0.1, 0.15) is 52.4 Å². The van der Waals surface area contributed by atoms with Crippen LogP contribution in [0.4, 0.5) is 0 Å². The van der Waals surface area contributed by atoms with Crippen LogP contribution < -0.4 is 0 Å². The van der Waals surface area contributed by atoms with Crippen LogP contribution in [-0.4, -0.2) is 58.9 Å². The number of rotatable bonds is 8. The summed E-state index contributed by atoms with van der Waals surface area (Å²) in [5, 5.41) is 11.2. The normalized spacial score (nSPS) is 34.3. The molecule has 1 saturated heterocycles. The van der Waals surface area contributed by atoms with E-state index in [1.54, 1.807) is 6.92 Å². The van der Waals surface area contributed by atoms with Gasteiger partial charge in [-0.1, -0.05) is 23.9 Å². The van der Waals surface area contributed by atoms with Gasteiger partial charge in [0.2, 0.25) is 5.12 Å². The second-order valence-corrected chi connectivity index (χ2v) is 10.1. The number of carbonyl (C=O) groups excluding carboxylic acids is 4. The van der Waals surface area contributed by atoms with E-state index in [0.717, 1.165) is 31.0 Å². The monoisotopic (exact) mass is 452 g/mol.